The van der Waals surface area contributed by atoms with Crippen LogP contribution in [-0.4, -0.2) is 46.0 Å². The van der Waals surface area contributed by atoms with Gasteiger partial charge in [-0.05, 0) is 75.8 Å². The molecule has 0 saturated carbocycles. The molecule has 2 heterocycles. The standard InChI is InChI=1S/C45H52N2O4/c1-4-7-10-13-15-18-29(19-16-14-11-8-5-2)47-44(50)36-26-22-32-30-20-24-34-40-35(43(49)46(42(34)48)28-17-12-9-6-3)25-21-31(38(30)40)33-23-27-37(45(47)51)41(36)39(32)33/h20-27,29H,4-19,28H2,1-3H3. The highest BCUT2D eigenvalue weighted by molar-refractivity contribution is 6.41. The van der Waals surface area contributed by atoms with E-state index in [0.717, 1.165) is 102 Å². The van der Waals surface area contributed by atoms with Crippen molar-refractivity contribution in [1.29, 1.82) is 0 Å². The number of hydrogen-bond acceptors (Lipinski definition) is 4. The van der Waals surface area contributed by atoms with Crippen LogP contribution < -0.4 is 0 Å². The molecule has 0 atom stereocenters. The lowest BCUT2D eigenvalue weighted by atomic mass is 9.82. The largest absolute Gasteiger partial charge is 0.274 e. The summed E-state index contributed by atoms with van der Waals surface area (Å²) < 4.78 is 0. The number of unbranched alkanes of at least 4 members (excludes halogenated alkanes) is 11. The van der Waals surface area contributed by atoms with Crippen LogP contribution in [0.4, 0.5) is 0 Å². The third kappa shape index (κ3) is 6.08. The fourth-order valence-electron chi connectivity index (χ4n) is 8.94. The SMILES string of the molecule is CCCCCCCC(CCCCCCC)N1C(=O)c2ccc3c4ccc5c6c(ccc(c7ccc(c2c37)C1=O)c64)C(=O)N(CCCCCC)C5=O. The van der Waals surface area contributed by atoms with Crippen LogP contribution in [0.15, 0.2) is 48.5 Å². The van der Waals surface area contributed by atoms with Gasteiger partial charge in [0.25, 0.3) is 23.6 Å². The Morgan fingerprint density at radius 2 is 0.765 bits per heavy atom. The van der Waals surface area contributed by atoms with E-state index >= 15 is 0 Å². The van der Waals surface area contributed by atoms with Gasteiger partial charge in [-0.25, -0.2) is 0 Å². The molecule has 6 nitrogen and oxygen atoms in total. The summed E-state index contributed by atoms with van der Waals surface area (Å²) in [5, 5.41) is 6.96. The Bertz CT molecular complexity index is 2000. The summed E-state index contributed by atoms with van der Waals surface area (Å²) in [5.74, 6) is -0.834. The Kier molecular flexibility index (Phi) is 10.4. The minimum atomic E-state index is -0.231. The second kappa shape index (κ2) is 15.1. The number of carbonyl (C=O) groups excluding carboxylic acids is 4. The number of nitrogens with zero attached hydrogens (tertiary/aromatic N) is 2. The Hall–Kier alpha value is -4.32. The number of fused-ring (bicyclic) bond motifs is 2. The molecule has 0 aliphatic carbocycles. The van der Waals surface area contributed by atoms with Gasteiger partial charge in [0.05, 0.1) is 0 Å². The number of imide groups is 2. The van der Waals surface area contributed by atoms with Crippen molar-refractivity contribution in [2.45, 2.75) is 130 Å². The molecule has 0 N–H and O–H groups in total. The first-order valence-electron chi connectivity index (χ1n) is 19.9. The molecule has 0 radical (unpaired) electrons. The minimum Gasteiger partial charge on any atom is -0.274 e. The van der Waals surface area contributed by atoms with Crippen molar-refractivity contribution < 1.29 is 19.2 Å². The molecule has 4 amide bonds. The van der Waals surface area contributed by atoms with E-state index in [2.05, 4.69) is 20.8 Å². The topological polar surface area (TPSA) is 74.8 Å². The molecule has 2 aliphatic heterocycles. The van der Waals surface area contributed by atoms with Gasteiger partial charge in [0.15, 0.2) is 0 Å². The van der Waals surface area contributed by atoms with E-state index in [9.17, 15) is 19.2 Å². The smallest absolute Gasteiger partial charge is 0.261 e. The molecule has 2 aliphatic rings. The van der Waals surface area contributed by atoms with Gasteiger partial charge in [0, 0.05) is 45.6 Å². The van der Waals surface area contributed by atoms with E-state index < -0.39 is 0 Å². The molecule has 0 saturated heterocycles. The van der Waals surface area contributed by atoms with E-state index in [4.69, 9.17) is 0 Å². The van der Waals surface area contributed by atoms with Crippen molar-refractivity contribution in [2.24, 2.45) is 0 Å². The van der Waals surface area contributed by atoms with Gasteiger partial charge in [-0.15, -0.1) is 0 Å². The molecule has 6 heteroatoms. The normalized spacial score (nSPS) is 14.6. The average Bonchev–Trinajstić information content (AvgIpc) is 3.14. The van der Waals surface area contributed by atoms with E-state index in [1.54, 1.807) is 4.90 Å². The Morgan fingerprint density at radius 3 is 1.16 bits per heavy atom. The van der Waals surface area contributed by atoms with E-state index in [1.807, 2.05) is 48.5 Å². The molecule has 7 rings (SSSR count). The summed E-state index contributed by atoms with van der Waals surface area (Å²) in [5.41, 5.74) is 2.30. The van der Waals surface area contributed by atoms with Crippen LogP contribution in [0.5, 0.6) is 0 Å². The van der Waals surface area contributed by atoms with Crippen molar-refractivity contribution in [3.05, 3.63) is 70.8 Å². The van der Waals surface area contributed by atoms with E-state index in [0.29, 0.717) is 34.2 Å². The lowest BCUT2D eigenvalue weighted by Gasteiger charge is -2.35. The first-order valence-corrected chi connectivity index (χ1v) is 19.9. The van der Waals surface area contributed by atoms with E-state index in [-0.39, 0.29) is 29.7 Å². The van der Waals surface area contributed by atoms with Gasteiger partial charge in [0.2, 0.25) is 0 Å². The Balaban J connectivity index is 1.29. The van der Waals surface area contributed by atoms with Gasteiger partial charge in [0.1, 0.15) is 0 Å². The number of carbonyl (C=O) groups is 4. The van der Waals surface area contributed by atoms with Crippen molar-refractivity contribution >= 4 is 66.7 Å². The van der Waals surface area contributed by atoms with Crippen LogP contribution in [0.3, 0.4) is 0 Å². The number of hydrogen-bond donors (Lipinski definition) is 0. The van der Waals surface area contributed by atoms with E-state index in [1.165, 1.54) is 43.4 Å². The van der Waals surface area contributed by atoms with Crippen LogP contribution in [0.2, 0.25) is 0 Å². The third-order valence-corrected chi connectivity index (χ3v) is 11.6. The molecule has 5 aromatic rings. The monoisotopic (exact) mass is 684 g/mol. The highest BCUT2D eigenvalue weighted by atomic mass is 16.2. The van der Waals surface area contributed by atoms with Crippen molar-refractivity contribution in [3.63, 3.8) is 0 Å². The maximum atomic E-state index is 14.5. The van der Waals surface area contributed by atoms with Gasteiger partial charge in [-0.1, -0.05) is 129 Å². The summed E-state index contributed by atoms with van der Waals surface area (Å²) in [6.45, 7) is 7.00. The quantitative estimate of drug-likeness (QED) is 0.0398. The predicted molar refractivity (Wildman–Crippen MR) is 208 cm³/mol. The van der Waals surface area contributed by atoms with Crippen LogP contribution in [0.1, 0.15) is 165 Å². The molecular formula is C45H52N2O4. The minimum absolute atomic E-state index is 0.109. The lowest BCUT2D eigenvalue weighted by molar-refractivity contribution is 0.0514. The maximum Gasteiger partial charge on any atom is 0.261 e. The Labute approximate surface area is 301 Å². The summed E-state index contributed by atoms with van der Waals surface area (Å²) in [6, 6.07) is 15.4. The first kappa shape index (κ1) is 35.1. The van der Waals surface area contributed by atoms with Crippen LogP contribution in [0, 0.1) is 0 Å². The predicted octanol–water partition coefficient (Wildman–Crippen LogP) is 11.6. The lowest BCUT2D eigenvalue weighted by Crippen LogP contribution is -2.47. The van der Waals surface area contributed by atoms with Gasteiger partial charge in [-0.2, -0.15) is 0 Å². The zero-order valence-corrected chi connectivity index (χ0v) is 30.7. The van der Waals surface area contributed by atoms with Crippen LogP contribution >= 0.6 is 0 Å². The fraction of sp³-hybridized carbons (Fsp3) is 0.467. The average molecular weight is 685 g/mol. The van der Waals surface area contributed by atoms with Crippen molar-refractivity contribution in [3.8, 4) is 0 Å². The highest BCUT2D eigenvalue weighted by Crippen LogP contribution is 2.46. The Morgan fingerprint density at radius 1 is 0.412 bits per heavy atom. The van der Waals surface area contributed by atoms with Crippen LogP contribution in [-0.2, 0) is 0 Å². The van der Waals surface area contributed by atoms with Crippen molar-refractivity contribution in [2.75, 3.05) is 6.54 Å². The summed E-state index contributed by atoms with van der Waals surface area (Å²) in [7, 11) is 0. The molecule has 0 unspecified atom stereocenters. The summed E-state index contributed by atoms with van der Waals surface area (Å²) in [4.78, 5) is 59.5. The second-order valence-electron chi connectivity index (χ2n) is 15.0. The van der Waals surface area contributed by atoms with Crippen molar-refractivity contribution in [1.82, 2.24) is 9.80 Å². The first-order chi connectivity index (χ1) is 24.9. The zero-order valence-electron chi connectivity index (χ0n) is 30.7. The summed E-state index contributed by atoms with van der Waals surface area (Å²) in [6.07, 6.45) is 17.1. The molecule has 0 aromatic heterocycles. The molecule has 0 fully saturated rings. The summed E-state index contributed by atoms with van der Waals surface area (Å²) >= 11 is 0. The fourth-order valence-corrected chi connectivity index (χ4v) is 8.94. The highest BCUT2D eigenvalue weighted by Gasteiger charge is 2.39. The molecule has 51 heavy (non-hydrogen) atoms. The maximum absolute atomic E-state index is 14.5. The zero-order chi connectivity index (χ0) is 35.6. The molecule has 5 aromatic carbocycles. The second-order valence-corrected chi connectivity index (χ2v) is 15.0. The molecular weight excluding hydrogens is 633 g/mol. The number of benzene rings is 5. The van der Waals surface area contributed by atoms with Gasteiger partial charge in [-0.3, -0.25) is 29.0 Å². The molecule has 0 bridgehead atoms. The third-order valence-electron chi connectivity index (χ3n) is 11.6. The van der Waals surface area contributed by atoms with Crippen LogP contribution in [0.25, 0.3) is 43.1 Å². The number of amides is 4. The molecule has 266 valence electrons. The molecule has 0 spiro atoms. The number of rotatable bonds is 18. The van der Waals surface area contributed by atoms with Gasteiger partial charge >= 0.3 is 0 Å². The van der Waals surface area contributed by atoms with Gasteiger partial charge < -0.3 is 0 Å².